The van der Waals surface area contributed by atoms with Gasteiger partial charge in [0.25, 0.3) is 5.91 Å². The van der Waals surface area contributed by atoms with Crippen molar-refractivity contribution < 1.29 is 24.5 Å². The van der Waals surface area contributed by atoms with E-state index < -0.39 is 29.8 Å². The van der Waals surface area contributed by atoms with Crippen LogP contribution in [0.1, 0.15) is 20.8 Å². The van der Waals surface area contributed by atoms with Crippen LogP contribution < -0.4 is 0 Å². The molecule has 1 saturated heterocycles. The average molecular weight is 217 g/mol. The zero-order valence-corrected chi connectivity index (χ0v) is 8.93. The Morgan fingerprint density at radius 1 is 1.47 bits per heavy atom. The van der Waals surface area contributed by atoms with Crippen LogP contribution in [0.15, 0.2) is 0 Å². The van der Waals surface area contributed by atoms with Gasteiger partial charge in [-0.05, 0) is 20.8 Å². The number of rotatable bonds is 0. The first-order chi connectivity index (χ1) is 6.72. The second-order valence-corrected chi connectivity index (χ2v) is 4.44. The lowest BCUT2D eigenvalue weighted by Gasteiger charge is -2.23. The van der Waals surface area contributed by atoms with E-state index in [1.807, 2.05) is 0 Å². The molecule has 6 nitrogen and oxygen atoms in total. The zero-order valence-electron chi connectivity index (χ0n) is 8.93. The molecular weight excluding hydrogens is 202 g/mol. The Morgan fingerprint density at radius 2 is 2.00 bits per heavy atom. The van der Waals surface area contributed by atoms with E-state index in [0.29, 0.717) is 4.90 Å². The van der Waals surface area contributed by atoms with E-state index in [1.165, 1.54) is 0 Å². The number of hydrogen-bond donors (Lipinski definition) is 2. The highest BCUT2D eigenvalue weighted by Crippen LogP contribution is 2.16. The SMILES string of the molecule is CC(C)(C)OC(=O)N1C[C@H](O)[C@H](O)C1=O. The van der Waals surface area contributed by atoms with Gasteiger partial charge < -0.3 is 14.9 Å². The first kappa shape index (κ1) is 11.9. The van der Waals surface area contributed by atoms with Crippen molar-refractivity contribution >= 4 is 12.0 Å². The number of carbonyl (C=O) groups is 2. The van der Waals surface area contributed by atoms with Gasteiger partial charge in [0.2, 0.25) is 0 Å². The summed E-state index contributed by atoms with van der Waals surface area (Å²) in [4.78, 5) is 23.4. The topological polar surface area (TPSA) is 87.1 Å². The number of β-amino-alcohol motifs (C(OH)–C–C–N with tert-alkyl or cyclic N) is 1. The Bertz CT molecular complexity index is 283. The van der Waals surface area contributed by atoms with Crippen LogP contribution in [0.5, 0.6) is 0 Å². The number of likely N-dealkylation sites (tertiary alicyclic amines) is 1. The summed E-state index contributed by atoms with van der Waals surface area (Å²) < 4.78 is 4.93. The molecule has 0 aromatic carbocycles. The maximum absolute atomic E-state index is 11.4. The van der Waals surface area contributed by atoms with Gasteiger partial charge in [-0.25, -0.2) is 9.69 Å². The number of ether oxygens (including phenoxy) is 1. The molecule has 1 fully saturated rings. The average Bonchev–Trinajstić information content (AvgIpc) is 2.30. The quantitative estimate of drug-likeness (QED) is 0.570. The van der Waals surface area contributed by atoms with Gasteiger partial charge in [0.1, 0.15) is 11.7 Å². The van der Waals surface area contributed by atoms with Crippen LogP contribution in [0.4, 0.5) is 4.79 Å². The third kappa shape index (κ3) is 2.66. The molecule has 15 heavy (non-hydrogen) atoms. The van der Waals surface area contributed by atoms with Crippen molar-refractivity contribution in [1.29, 1.82) is 0 Å². The highest BCUT2D eigenvalue weighted by Gasteiger charge is 2.42. The monoisotopic (exact) mass is 217 g/mol. The summed E-state index contributed by atoms with van der Waals surface area (Å²) >= 11 is 0. The van der Waals surface area contributed by atoms with Crippen molar-refractivity contribution in [3.05, 3.63) is 0 Å². The van der Waals surface area contributed by atoms with Gasteiger partial charge in [0.05, 0.1) is 6.54 Å². The first-order valence-corrected chi connectivity index (χ1v) is 4.63. The second kappa shape index (κ2) is 3.79. The molecule has 1 rings (SSSR count). The number of imide groups is 1. The summed E-state index contributed by atoms with van der Waals surface area (Å²) in [6.45, 7) is 4.77. The fourth-order valence-corrected chi connectivity index (χ4v) is 1.18. The molecule has 0 radical (unpaired) electrons. The zero-order chi connectivity index (χ0) is 11.8. The lowest BCUT2D eigenvalue weighted by molar-refractivity contribution is -0.135. The summed E-state index contributed by atoms with van der Waals surface area (Å²) in [6, 6.07) is 0. The molecule has 0 spiro atoms. The molecule has 0 unspecified atom stereocenters. The molecule has 6 heteroatoms. The summed E-state index contributed by atoms with van der Waals surface area (Å²) in [5.74, 6) is -0.822. The maximum Gasteiger partial charge on any atom is 0.417 e. The summed E-state index contributed by atoms with van der Waals surface area (Å²) in [7, 11) is 0. The fraction of sp³-hybridized carbons (Fsp3) is 0.778. The van der Waals surface area contributed by atoms with E-state index in [4.69, 9.17) is 14.9 Å². The number of hydrogen-bond acceptors (Lipinski definition) is 5. The minimum absolute atomic E-state index is 0.227. The molecule has 1 aliphatic rings. The van der Waals surface area contributed by atoms with Gasteiger partial charge in [0.15, 0.2) is 6.10 Å². The van der Waals surface area contributed by atoms with Crippen LogP contribution in [0.25, 0.3) is 0 Å². The largest absolute Gasteiger partial charge is 0.443 e. The van der Waals surface area contributed by atoms with Crippen molar-refractivity contribution in [2.24, 2.45) is 0 Å². The standard InChI is InChI=1S/C9H15NO5/c1-9(2,3)15-8(14)10-4-5(11)6(12)7(10)13/h5-6,11-12H,4H2,1-3H3/t5-,6-/m0/s1. The minimum atomic E-state index is -1.53. The molecular formula is C9H15NO5. The molecule has 1 aliphatic heterocycles. The Labute approximate surface area is 87.4 Å². The normalized spacial score (nSPS) is 27.0. The van der Waals surface area contributed by atoms with Crippen molar-refractivity contribution in [2.75, 3.05) is 6.54 Å². The van der Waals surface area contributed by atoms with E-state index in [-0.39, 0.29) is 6.54 Å². The molecule has 0 bridgehead atoms. The van der Waals surface area contributed by atoms with Crippen molar-refractivity contribution in [3.8, 4) is 0 Å². The maximum atomic E-state index is 11.4. The molecule has 2 amide bonds. The van der Waals surface area contributed by atoms with Crippen LogP contribution in [-0.4, -0.2) is 51.5 Å². The first-order valence-electron chi connectivity index (χ1n) is 4.63. The van der Waals surface area contributed by atoms with E-state index in [0.717, 1.165) is 0 Å². The van der Waals surface area contributed by atoms with Crippen LogP contribution in [0.3, 0.4) is 0 Å². The number of nitrogens with zero attached hydrogens (tertiary/aromatic N) is 1. The van der Waals surface area contributed by atoms with Crippen LogP contribution in [-0.2, 0) is 9.53 Å². The van der Waals surface area contributed by atoms with Gasteiger partial charge >= 0.3 is 6.09 Å². The van der Waals surface area contributed by atoms with Gasteiger partial charge in [-0.15, -0.1) is 0 Å². The molecule has 0 aromatic rings. The van der Waals surface area contributed by atoms with Gasteiger partial charge in [-0.3, -0.25) is 4.79 Å². The number of amides is 2. The lowest BCUT2D eigenvalue weighted by atomic mass is 10.2. The highest BCUT2D eigenvalue weighted by atomic mass is 16.6. The Hall–Kier alpha value is -1.14. The number of aliphatic hydroxyl groups is 2. The third-order valence-corrected chi connectivity index (χ3v) is 1.87. The van der Waals surface area contributed by atoms with Crippen LogP contribution >= 0.6 is 0 Å². The summed E-state index contributed by atoms with van der Waals surface area (Å²) in [5, 5.41) is 18.3. The van der Waals surface area contributed by atoms with Crippen LogP contribution in [0.2, 0.25) is 0 Å². The van der Waals surface area contributed by atoms with Crippen molar-refractivity contribution in [1.82, 2.24) is 4.90 Å². The Balaban J connectivity index is 2.67. The Kier molecular flexibility index (Phi) is 3.01. The molecule has 2 N–H and O–H groups in total. The van der Waals surface area contributed by atoms with Gasteiger partial charge in [-0.2, -0.15) is 0 Å². The summed E-state index contributed by atoms with van der Waals surface area (Å²) in [6.07, 6.45) is -3.61. The molecule has 86 valence electrons. The molecule has 2 atom stereocenters. The Morgan fingerprint density at radius 3 is 2.33 bits per heavy atom. The molecule has 0 aromatic heterocycles. The minimum Gasteiger partial charge on any atom is -0.443 e. The van der Waals surface area contributed by atoms with Crippen molar-refractivity contribution in [3.63, 3.8) is 0 Å². The fourth-order valence-electron chi connectivity index (χ4n) is 1.18. The number of carbonyl (C=O) groups excluding carboxylic acids is 2. The summed E-state index contributed by atoms with van der Waals surface area (Å²) in [5.41, 5.74) is -0.712. The van der Waals surface area contributed by atoms with E-state index in [1.54, 1.807) is 20.8 Å². The predicted molar refractivity (Wildman–Crippen MR) is 50.0 cm³/mol. The third-order valence-electron chi connectivity index (χ3n) is 1.87. The molecule has 1 heterocycles. The van der Waals surface area contributed by atoms with Gasteiger partial charge in [0, 0.05) is 0 Å². The van der Waals surface area contributed by atoms with E-state index in [9.17, 15) is 9.59 Å². The van der Waals surface area contributed by atoms with Crippen molar-refractivity contribution in [2.45, 2.75) is 38.6 Å². The van der Waals surface area contributed by atoms with E-state index in [2.05, 4.69) is 0 Å². The smallest absolute Gasteiger partial charge is 0.417 e. The van der Waals surface area contributed by atoms with Gasteiger partial charge in [-0.1, -0.05) is 0 Å². The lowest BCUT2D eigenvalue weighted by Crippen LogP contribution is -2.39. The van der Waals surface area contributed by atoms with E-state index >= 15 is 0 Å². The predicted octanol–water partition coefficient (Wildman–Crippen LogP) is -0.514. The number of aliphatic hydroxyl groups excluding tert-OH is 2. The van der Waals surface area contributed by atoms with Crippen LogP contribution in [0, 0.1) is 0 Å². The second-order valence-electron chi connectivity index (χ2n) is 4.44. The molecule has 0 saturated carbocycles. The molecule has 0 aliphatic carbocycles. The highest BCUT2D eigenvalue weighted by molar-refractivity contribution is 5.96.